The second-order valence-corrected chi connectivity index (χ2v) is 9.02. The molecule has 0 amide bonds. The van der Waals surface area contributed by atoms with Gasteiger partial charge in [0.15, 0.2) is 23.1 Å². The molecule has 3 aromatic heterocycles. The van der Waals surface area contributed by atoms with Gasteiger partial charge in [0.05, 0.1) is 5.52 Å². The first kappa shape index (κ1) is 25.8. The van der Waals surface area contributed by atoms with Crippen molar-refractivity contribution in [3.05, 3.63) is 65.5 Å². The van der Waals surface area contributed by atoms with E-state index in [1.165, 1.54) is 10.9 Å². The summed E-state index contributed by atoms with van der Waals surface area (Å²) in [5.41, 5.74) is -1.86. The third kappa shape index (κ3) is 4.87. The third-order valence-electron chi connectivity index (χ3n) is 6.58. The second kappa shape index (κ2) is 10.2. The molecule has 0 bridgehead atoms. The lowest BCUT2D eigenvalue weighted by molar-refractivity contribution is -0.143. The molecule has 0 radical (unpaired) electrons. The highest BCUT2D eigenvalue weighted by molar-refractivity contribution is 5.93. The van der Waals surface area contributed by atoms with Crippen molar-refractivity contribution < 1.29 is 31.4 Å². The van der Waals surface area contributed by atoms with Crippen LogP contribution in [0.1, 0.15) is 24.1 Å². The van der Waals surface area contributed by atoms with Gasteiger partial charge < -0.3 is 14.4 Å². The van der Waals surface area contributed by atoms with Gasteiger partial charge in [-0.05, 0) is 18.4 Å². The summed E-state index contributed by atoms with van der Waals surface area (Å²) in [5.74, 6) is -3.86. The van der Waals surface area contributed by atoms with Gasteiger partial charge in [-0.1, -0.05) is 30.3 Å². The number of halogens is 5. The Labute approximate surface area is 214 Å². The minimum absolute atomic E-state index is 0.205. The number of pyridine rings is 2. The first-order valence-corrected chi connectivity index (χ1v) is 11.9. The molecule has 38 heavy (non-hydrogen) atoms. The predicted octanol–water partition coefficient (Wildman–Crippen LogP) is 5.52. The number of ether oxygens (including phenoxy) is 2. The summed E-state index contributed by atoms with van der Waals surface area (Å²) in [6, 6.07) is 10.2. The standard InChI is InChI=1S/C26H24F5N5O2/c1-35(16-8-10-37-11-9-16)19-12-18-17(13-32-19)22(34-36(18)2)23-20(27)24(21(28)25(33-23)26(29,30)31)38-14-15-6-4-3-5-7-15/h3-7,12-13,16H,8-11,14H2,1-2H3. The van der Waals surface area contributed by atoms with Crippen LogP contribution in [0, 0.1) is 11.6 Å². The van der Waals surface area contributed by atoms with E-state index in [4.69, 9.17) is 9.47 Å². The first-order valence-electron chi connectivity index (χ1n) is 11.9. The maximum atomic E-state index is 15.6. The van der Waals surface area contributed by atoms with E-state index in [2.05, 4.69) is 15.1 Å². The molecule has 200 valence electrons. The zero-order valence-electron chi connectivity index (χ0n) is 20.6. The number of nitrogens with zero attached hydrogens (tertiary/aromatic N) is 5. The molecule has 12 heteroatoms. The van der Waals surface area contributed by atoms with Crippen molar-refractivity contribution in [2.75, 3.05) is 25.2 Å². The van der Waals surface area contributed by atoms with E-state index in [-0.39, 0.29) is 23.7 Å². The van der Waals surface area contributed by atoms with Crippen LogP contribution in [0.25, 0.3) is 22.3 Å². The second-order valence-electron chi connectivity index (χ2n) is 9.02. The highest BCUT2D eigenvalue weighted by Crippen LogP contribution is 2.40. The van der Waals surface area contributed by atoms with Crippen molar-refractivity contribution in [1.82, 2.24) is 19.7 Å². The van der Waals surface area contributed by atoms with Gasteiger partial charge in [0, 0.05) is 51.0 Å². The SMILES string of the molecule is CN(c1cc2c(cn1)c(-c1nc(C(F)(F)F)c(F)c(OCc3ccccc3)c1F)nn2C)C1CCOCC1. The molecule has 4 aromatic rings. The summed E-state index contributed by atoms with van der Waals surface area (Å²) >= 11 is 0. The summed E-state index contributed by atoms with van der Waals surface area (Å²) < 4.78 is 83.7. The smallest absolute Gasteiger partial charge is 0.436 e. The van der Waals surface area contributed by atoms with Gasteiger partial charge in [0.2, 0.25) is 0 Å². The fraction of sp³-hybridized carbons (Fsp3) is 0.346. The van der Waals surface area contributed by atoms with E-state index < -0.39 is 34.9 Å². The molecule has 7 nitrogen and oxygen atoms in total. The van der Waals surface area contributed by atoms with Crippen LogP contribution in [-0.4, -0.2) is 46.1 Å². The van der Waals surface area contributed by atoms with Crippen LogP contribution in [-0.2, 0) is 24.6 Å². The fourth-order valence-corrected chi connectivity index (χ4v) is 4.49. The molecule has 0 aliphatic carbocycles. The van der Waals surface area contributed by atoms with Crippen molar-refractivity contribution >= 4 is 16.7 Å². The molecule has 0 atom stereocenters. The Morgan fingerprint density at radius 2 is 1.79 bits per heavy atom. The molecule has 0 spiro atoms. The molecule has 0 unspecified atom stereocenters. The zero-order chi connectivity index (χ0) is 27.0. The minimum atomic E-state index is -5.19. The van der Waals surface area contributed by atoms with Gasteiger partial charge in [-0.3, -0.25) is 4.68 Å². The molecule has 1 fully saturated rings. The van der Waals surface area contributed by atoms with Crippen molar-refractivity contribution in [3.63, 3.8) is 0 Å². The van der Waals surface area contributed by atoms with Crippen molar-refractivity contribution in [1.29, 1.82) is 0 Å². The van der Waals surface area contributed by atoms with Gasteiger partial charge in [-0.25, -0.2) is 18.7 Å². The van der Waals surface area contributed by atoms with E-state index >= 15 is 4.39 Å². The normalized spacial score (nSPS) is 14.7. The number of hydrogen-bond acceptors (Lipinski definition) is 6. The molecule has 1 aromatic carbocycles. The van der Waals surface area contributed by atoms with Crippen LogP contribution in [0.15, 0.2) is 42.6 Å². The summed E-state index contributed by atoms with van der Waals surface area (Å²) in [7, 11) is 3.47. The number of benzene rings is 1. The zero-order valence-corrected chi connectivity index (χ0v) is 20.6. The molecule has 1 aliphatic heterocycles. The third-order valence-corrected chi connectivity index (χ3v) is 6.58. The largest absolute Gasteiger partial charge is 0.483 e. The molecule has 0 N–H and O–H groups in total. The average molecular weight is 534 g/mol. The van der Waals surface area contributed by atoms with E-state index in [1.54, 1.807) is 43.4 Å². The Kier molecular flexibility index (Phi) is 6.91. The lowest BCUT2D eigenvalue weighted by Crippen LogP contribution is -2.37. The summed E-state index contributed by atoms with van der Waals surface area (Å²) in [6.45, 7) is 0.930. The van der Waals surface area contributed by atoms with Gasteiger partial charge in [-0.15, -0.1) is 0 Å². The Morgan fingerprint density at radius 1 is 1.08 bits per heavy atom. The number of rotatable bonds is 6. The average Bonchev–Trinajstić information content (AvgIpc) is 3.24. The van der Waals surface area contributed by atoms with E-state index in [0.29, 0.717) is 30.1 Å². The number of anilines is 1. The first-order chi connectivity index (χ1) is 18.1. The van der Waals surface area contributed by atoms with Gasteiger partial charge >= 0.3 is 6.18 Å². The minimum Gasteiger partial charge on any atom is -0.483 e. The molecule has 0 saturated carbocycles. The molecule has 5 rings (SSSR count). The lowest BCUT2D eigenvalue weighted by Gasteiger charge is -2.32. The summed E-state index contributed by atoms with van der Waals surface area (Å²) in [5, 5.41) is 4.50. The Morgan fingerprint density at radius 3 is 2.47 bits per heavy atom. The molecular weight excluding hydrogens is 509 g/mol. The lowest BCUT2D eigenvalue weighted by atomic mass is 10.1. The molecule has 1 saturated heterocycles. The highest BCUT2D eigenvalue weighted by Gasteiger charge is 2.40. The van der Waals surface area contributed by atoms with Crippen molar-refractivity contribution in [2.45, 2.75) is 31.7 Å². The number of hydrogen-bond donors (Lipinski definition) is 0. The molecule has 4 heterocycles. The maximum Gasteiger partial charge on any atom is 0.436 e. The van der Waals surface area contributed by atoms with Crippen LogP contribution in [0.2, 0.25) is 0 Å². The Balaban J connectivity index is 1.58. The fourth-order valence-electron chi connectivity index (χ4n) is 4.49. The quantitative estimate of drug-likeness (QED) is 0.304. The van der Waals surface area contributed by atoms with Crippen LogP contribution >= 0.6 is 0 Å². The number of alkyl halides is 3. The number of aryl methyl sites for hydroxylation is 1. The Hall–Kier alpha value is -3.80. The van der Waals surface area contributed by atoms with E-state index in [9.17, 15) is 17.6 Å². The van der Waals surface area contributed by atoms with Crippen LogP contribution < -0.4 is 9.64 Å². The van der Waals surface area contributed by atoms with Gasteiger partial charge in [0.1, 0.15) is 23.8 Å². The monoisotopic (exact) mass is 533 g/mol. The highest BCUT2D eigenvalue weighted by atomic mass is 19.4. The van der Waals surface area contributed by atoms with E-state index in [0.717, 1.165) is 12.8 Å². The van der Waals surface area contributed by atoms with Crippen LogP contribution in [0.4, 0.5) is 27.8 Å². The summed E-state index contributed by atoms with van der Waals surface area (Å²) in [4.78, 5) is 9.80. The molecular formula is C26H24F5N5O2. The predicted molar refractivity (Wildman–Crippen MR) is 130 cm³/mol. The number of aromatic nitrogens is 4. The van der Waals surface area contributed by atoms with Gasteiger partial charge in [0.25, 0.3) is 0 Å². The van der Waals surface area contributed by atoms with E-state index in [1.807, 2.05) is 11.9 Å². The number of fused-ring (bicyclic) bond motifs is 1. The summed E-state index contributed by atoms with van der Waals surface area (Å²) in [6.07, 6.45) is -2.14. The maximum absolute atomic E-state index is 15.6. The Bertz CT molecular complexity index is 1450. The topological polar surface area (TPSA) is 65.3 Å². The van der Waals surface area contributed by atoms with Crippen LogP contribution in [0.5, 0.6) is 5.75 Å². The molecule has 1 aliphatic rings. The van der Waals surface area contributed by atoms with Gasteiger partial charge in [-0.2, -0.15) is 18.3 Å². The van der Waals surface area contributed by atoms with Crippen molar-refractivity contribution in [3.8, 4) is 17.1 Å². The van der Waals surface area contributed by atoms with Crippen molar-refractivity contribution in [2.24, 2.45) is 7.05 Å². The van der Waals surface area contributed by atoms with Crippen LogP contribution in [0.3, 0.4) is 0 Å².